The highest BCUT2D eigenvalue weighted by Crippen LogP contribution is 2.18. The smallest absolute Gasteiger partial charge is 0.333 e. The van der Waals surface area contributed by atoms with Gasteiger partial charge in [-0.3, -0.25) is 0 Å². The van der Waals surface area contributed by atoms with Gasteiger partial charge in [0, 0.05) is 13.3 Å². The molecule has 0 saturated heterocycles. The van der Waals surface area contributed by atoms with Crippen molar-refractivity contribution >= 4 is 11.6 Å². The van der Waals surface area contributed by atoms with Crippen molar-refractivity contribution < 1.29 is 13.5 Å². The molecule has 0 aliphatic carbocycles. The number of hydrogen-bond acceptors (Lipinski definition) is 2. The number of rotatable bonds is 3. The summed E-state index contributed by atoms with van der Waals surface area (Å²) in [6.45, 7) is -2.52. The van der Waals surface area contributed by atoms with E-state index in [0.717, 1.165) is 6.20 Å². The van der Waals surface area contributed by atoms with E-state index >= 15 is 0 Å². The Kier molecular flexibility index (Phi) is 2.99. The van der Waals surface area contributed by atoms with Crippen LogP contribution in [0.1, 0.15) is 12.2 Å². The van der Waals surface area contributed by atoms with Crippen LogP contribution < -0.4 is 0 Å². The molecule has 68 valence electrons. The van der Waals surface area contributed by atoms with E-state index in [1.165, 1.54) is 7.11 Å². The second-order valence-electron chi connectivity index (χ2n) is 2.11. The van der Waals surface area contributed by atoms with Crippen LogP contribution in [0.15, 0.2) is 6.20 Å². The Morgan fingerprint density at radius 2 is 2.42 bits per heavy atom. The van der Waals surface area contributed by atoms with E-state index < -0.39 is 6.55 Å². The lowest BCUT2D eigenvalue weighted by Crippen LogP contribution is -1.99. The van der Waals surface area contributed by atoms with Crippen molar-refractivity contribution in [2.24, 2.45) is 0 Å². The molecule has 0 aliphatic rings. The van der Waals surface area contributed by atoms with Crippen LogP contribution in [0.3, 0.4) is 0 Å². The minimum absolute atomic E-state index is 0.137. The van der Waals surface area contributed by atoms with Gasteiger partial charge in [0.2, 0.25) is 0 Å². The second-order valence-corrected chi connectivity index (χ2v) is 2.52. The average molecular weight is 197 g/mol. The van der Waals surface area contributed by atoms with Crippen LogP contribution in [0, 0.1) is 0 Å². The van der Waals surface area contributed by atoms with E-state index in [2.05, 4.69) is 5.10 Å². The first-order valence-electron chi connectivity index (χ1n) is 3.15. The zero-order valence-electron chi connectivity index (χ0n) is 6.30. The van der Waals surface area contributed by atoms with Crippen molar-refractivity contribution in [3.05, 3.63) is 16.9 Å². The molecule has 0 spiro atoms. The minimum atomic E-state index is -2.66. The van der Waals surface area contributed by atoms with Crippen LogP contribution in [0.25, 0.3) is 0 Å². The molecule has 1 aromatic heterocycles. The summed E-state index contributed by atoms with van der Waals surface area (Å²) in [6.07, 6.45) is 1.07. The summed E-state index contributed by atoms with van der Waals surface area (Å²) >= 11 is 5.57. The van der Waals surface area contributed by atoms with Gasteiger partial charge in [-0.2, -0.15) is 13.9 Å². The monoisotopic (exact) mass is 196 g/mol. The van der Waals surface area contributed by atoms with Crippen LogP contribution >= 0.6 is 11.6 Å². The molecule has 0 bridgehead atoms. The molecule has 12 heavy (non-hydrogen) atoms. The number of ether oxygens (including phenoxy) is 1. The number of aromatic nitrogens is 2. The van der Waals surface area contributed by atoms with E-state index in [9.17, 15) is 8.78 Å². The normalized spacial score (nSPS) is 11.1. The van der Waals surface area contributed by atoms with Crippen molar-refractivity contribution in [1.82, 2.24) is 9.78 Å². The lowest BCUT2D eigenvalue weighted by molar-refractivity contribution is 0.0552. The van der Waals surface area contributed by atoms with E-state index in [0.29, 0.717) is 10.4 Å². The molecule has 0 saturated carbocycles. The predicted octanol–water partition coefficient (Wildman–Crippen LogP) is 2.08. The van der Waals surface area contributed by atoms with Gasteiger partial charge in [-0.05, 0) is 0 Å². The number of nitrogens with zero attached hydrogens (tertiary/aromatic N) is 2. The molecule has 1 rings (SSSR count). The van der Waals surface area contributed by atoms with Crippen molar-refractivity contribution in [2.45, 2.75) is 13.2 Å². The fourth-order valence-electron chi connectivity index (χ4n) is 0.741. The quantitative estimate of drug-likeness (QED) is 0.740. The Balaban J connectivity index is 2.85. The fraction of sp³-hybridized carbons (Fsp3) is 0.500. The molecule has 1 heterocycles. The molecule has 0 unspecified atom stereocenters. The molecule has 1 aromatic rings. The fourth-order valence-corrected chi connectivity index (χ4v) is 0.934. The van der Waals surface area contributed by atoms with E-state index in [-0.39, 0.29) is 11.6 Å². The maximum Gasteiger partial charge on any atom is 0.333 e. The number of hydrogen-bond donors (Lipinski definition) is 0. The van der Waals surface area contributed by atoms with Crippen LogP contribution in [-0.2, 0) is 11.3 Å². The zero-order valence-corrected chi connectivity index (χ0v) is 7.05. The van der Waals surface area contributed by atoms with Gasteiger partial charge < -0.3 is 4.74 Å². The molecule has 3 nitrogen and oxygen atoms in total. The maximum atomic E-state index is 12.0. The molecular formula is C6H7ClF2N2O. The highest BCUT2D eigenvalue weighted by atomic mass is 35.5. The van der Waals surface area contributed by atoms with Gasteiger partial charge in [-0.15, -0.1) is 0 Å². The van der Waals surface area contributed by atoms with Crippen molar-refractivity contribution in [3.8, 4) is 0 Å². The number of halogens is 3. The first-order chi connectivity index (χ1) is 5.65. The highest BCUT2D eigenvalue weighted by Gasteiger charge is 2.11. The number of alkyl halides is 2. The Labute approximate surface area is 72.9 Å². The Morgan fingerprint density at radius 3 is 2.83 bits per heavy atom. The van der Waals surface area contributed by atoms with Crippen molar-refractivity contribution in [1.29, 1.82) is 0 Å². The summed E-state index contributed by atoms with van der Waals surface area (Å²) in [5.74, 6) is 0. The van der Waals surface area contributed by atoms with Gasteiger partial charge in [0.05, 0.1) is 11.6 Å². The van der Waals surface area contributed by atoms with Crippen LogP contribution in [0.2, 0.25) is 5.02 Å². The molecule has 0 amide bonds. The van der Waals surface area contributed by atoms with Crippen LogP contribution in [0.5, 0.6) is 0 Å². The first-order valence-corrected chi connectivity index (χ1v) is 3.53. The summed E-state index contributed by atoms with van der Waals surface area (Å²) in [4.78, 5) is 0. The molecule has 0 aromatic carbocycles. The third-order valence-corrected chi connectivity index (χ3v) is 1.55. The van der Waals surface area contributed by atoms with Gasteiger partial charge in [0.1, 0.15) is 5.69 Å². The molecule has 0 radical (unpaired) electrons. The summed E-state index contributed by atoms with van der Waals surface area (Å²) in [5.41, 5.74) is 0.319. The maximum absolute atomic E-state index is 12.0. The first kappa shape index (κ1) is 9.41. The summed E-state index contributed by atoms with van der Waals surface area (Å²) in [5, 5.41) is 3.70. The van der Waals surface area contributed by atoms with E-state index in [1.807, 2.05) is 0 Å². The Hall–Kier alpha value is -0.680. The lowest BCUT2D eigenvalue weighted by atomic mass is 10.5. The molecule has 0 aliphatic heterocycles. The highest BCUT2D eigenvalue weighted by molar-refractivity contribution is 6.31. The lowest BCUT2D eigenvalue weighted by Gasteiger charge is -1.96. The third kappa shape index (κ3) is 1.92. The van der Waals surface area contributed by atoms with Gasteiger partial charge in [-0.1, -0.05) is 11.6 Å². The molecule has 0 atom stereocenters. The molecule has 6 heteroatoms. The van der Waals surface area contributed by atoms with Crippen LogP contribution in [-0.4, -0.2) is 16.9 Å². The Morgan fingerprint density at radius 1 is 1.75 bits per heavy atom. The molecular weight excluding hydrogens is 190 g/mol. The molecule has 0 N–H and O–H groups in total. The summed E-state index contributed by atoms with van der Waals surface area (Å²) in [6, 6.07) is 0. The number of methoxy groups -OCH3 is 1. The third-order valence-electron chi connectivity index (χ3n) is 1.24. The van der Waals surface area contributed by atoms with Gasteiger partial charge >= 0.3 is 6.55 Å². The topological polar surface area (TPSA) is 27.1 Å². The van der Waals surface area contributed by atoms with Crippen molar-refractivity contribution in [3.63, 3.8) is 0 Å². The van der Waals surface area contributed by atoms with Gasteiger partial charge in [0.15, 0.2) is 0 Å². The minimum Gasteiger partial charge on any atom is -0.378 e. The van der Waals surface area contributed by atoms with E-state index in [1.54, 1.807) is 0 Å². The molecule has 0 fully saturated rings. The van der Waals surface area contributed by atoms with E-state index in [4.69, 9.17) is 16.3 Å². The largest absolute Gasteiger partial charge is 0.378 e. The summed E-state index contributed by atoms with van der Waals surface area (Å²) < 4.78 is 29.2. The van der Waals surface area contributed by atoms with Gasteiger partial charge in [0.25, 0.3) is 0 Å². The second kappa shape index (κ2) is 3.82. The standard InChI is InChI=1S/C6H7ClF2N2O/c1-12-3-5-4(7)2-11(10-5)6(8)9/h2,6H,3H2,1H3. The van der Waals surface area contributed by atoms with Gasteiger partial charge in [-0.25, -0.2) is 4.68 Å². The van der Waals surface area contributed by atoms with Crippen molar-refractivity contribution in [2.75, 3.05) is 7.11 Å². The zero-order chi connectivity index (χ0) is 9.14. The predicted molar refractivity (Wildman–Crippen MR) is 39.2 cm³/mol. The Bertz CT molecular complexity index is 264. The SMILES string of the molecule is COCc1nn(C(F)F)cc1Cl. The van der Waals surface area contributed by atoms with Crippen LogP contribution in [0.4, 0.5) is 8.78 Å². The average Bonchev–Trinajstić information content (AvgIpc) is 2.34. The summed E-state index contributed by atoms with van der Waals surface area (Å²) in [7, 11) is 1.44.